The minimum atomic E-state index is -0.349. The van der Waals surface area contributed by atoms with Crippen LogP contribution in [0.15, 0.2) is 16.6 Å². The molecule has 1 aromatic carbocycles. The zero-order valence-corrected chi connectivity index (χ0v) is 13.6. The first-order valence-corrected chi connectivity index (χ1v) is 7.45. The highest BCUT2D eigenvalue weighted by Gasteiger charge is 2.10. The fourth-order valence-corrected chi connectivity index (χ4v) is 2.61. The monoisotopic (exact) mass is 359 g/mol. The molecule has 0 radical (unpaired) electrons. The van der Waals surface area contributed by atoms with Gasteiger partial charge in [0.25, 0.3) is 0 Å². The molecule has 0 spiro atoms. The van der Waals surface area contributed by atoms with Gasteiger partial charge in [0.1, 0.15) is 5.82 Å². The lowest BCUT2D eigenvalue weighted by Gasteiger charge is -2.09. The van der Waals surface area contributed by atoms with Gasteiger partial charge < -0.3 is 14.9 Å². The van der Waals surface area contributed by atoms with Crippen LogP contribution in [0, 0.1) is 10.6 Å². The van der Waals surface area contributed by atoms with Gasteiger partial charge >= 0.3 is 0 Å². The van der Waals surface area contributed by atoms with Gasteiger partial charge in [-0.1, -0.05) is 0 Å². The Morgan fingerprint density at radius 1 is 1.55 bits per heavy atom. The van der Waals surface area contributed by atoms with E-state index in [9.17, 15) is 9.18 Å². The van der Waals surface area contributed by atoms with Crippen LogP contribution in [0.3, 0.4) is 0 Å². The SMILES string of the molecule is CC(C)NC(=O)CCn1c(=S)[nH]c2cc(F)c(Br)cc21. The largest absolute Gasteiger partial charge is 0.354 e. The van der Waals surface area contributed by atoms with Crippen LogP contribution in [0.1, 0.15) is 20.3 Å². The molecule has 0 saturated carbocycles. The van der Waals surface area contributed by atoms with E-state index in [4.69, 9.17) is 12.2 Å². The Bertz CT molecular complexity index is 707. The molecular weight excluding hydrogens is 345 g/mol. The predicted molar refractivity (Wildman–Crippen MR) is 82.7 cm³/mol. The van der Waals surface area contributed by atoms with E-state index < -0.39 is 0 Å². The number of amides is 1. The number of nitrogens with one attached hydrogen (secondary N) is 2. The molecule has 2 aromatic rings. The normalized spacial score (nSPS) is 11.2. The van der Waals surface area contributed by atoms with E-state index in [-0.39, 0.29) is 17.8 Å². The quantitative estimate of drug-likeness (QED) is 0.820. The second-order valence-electron chi connectivity index (χ2n) is 4.84. The van der Waals surface area contributed by atoms with Gasteiger partial charge in [0.2, 0.25) is 5.91 Å². The number of aromatic nitrogens is 2. The number of aromatic amines is 1. The summed E-state index contributed by atoms with van der Waals surface area (Å²) >= 11 is 8.37. The molecule has 1 heterocycles. The molecule has 0 fully saturated rings. The molecule has 4 nitrogen and oxygen atoms in total. The molecule has 0 bridgehead atoms. The molecule has 0 atom stereocenters. The lowest BCUT2D eigenvalue weighted by Crippen LogP contribution is -2.30. The topological polar surface area (TPSA) is 49.8 Å². The van der Waals surface area contributed by atoms with Gasteiger partial charge in [-0.2, -0.15) is 0 Å². The molecule has 0 aliphatic carbocycles. The second kappa shape index (κ2) is 6.05. The van der Waals surface area contributed by atoms with E-state index in [0.29, 0.717) is 27.7 Å². The van der Waals surface area contributed by atoms with Crippen molar-refractivity contribution in [2.75, 3.05) is 0 Å². The summed E-state index contributed by atoms with van der Waals surface area (Å²) < 4.78 is 16.1. The van der Waals surface area contributed by atoms with Crippen molar-refractivity contribution in [1.82, 2.24) is 14.9 Å². The highest BCUT2D eigenvalue weighted by molar-refractivity contribution is 9.10. The Kier molecular flexibility index (Phi) is 4.59. The molecule has 0 aliphatic heterocycles. The van der Waals surface area contributed by atoms with Gasteiger partial charge in [-0.15, -0.1) is 0 Å². The van der Waals surface area contributed by atoms with Crippen LogP contribution < -0.4 is 5.32 Å². The van der Waals surface area contributed by atoms with Gasteiger partial charge in [-0.3, -0.25) is 4.79 Å². The highest BCUT2D eigenvalue weighted by atomic mass is 79.9. The Balaban J connectivity index is 2.26. The number of halogens is 2. The van der Waals surface area contributed by atoms with Crippen molar-refractivity contribution in [2.45, 2.75) is 32.9 Å². The van der Waals surface area contributed by atoms with Crippen molar-refractivity contribution in [3.05, 3.63) is 27.2 Å². The molecular formula is C13H15BrFN3OS. The number of aryl methyl sites for hydroxylation is 1. The lowest BCUT2D eigenvalue weighted by molar-refractivity contribution is -0.121. The molecule has 2 rings (SSSR count). The summed E-state index contributed by atoms with van der Waals surface area (Å²) in [6.45, 7) is 4.28. The minimum absolute atomic E-state index is 0.0302. The first kappa shape index (κ1) is 15.2. The van der Waals surface area contributed by atoms with Gasteiger partial charge in [-0.25, -0.2) is 4.39 Å². The summed E-state index contributed by atoms with van der Waals surface area (Å²) in [7, 11) is 0. The Morgan fingerprint density at radius 3 is 2.90 bits per heavy atom. The van der Waals surface area contributed by atoms with E-state index in [0.717, 1.165) is 5.52 Å². The zero-order valence-electron chi connectivity index (χ0n) is 11.2. The third-order valence-corrected chi connectivity index (χ3v) is 3.76. The van der Waals surface area contributed by atoms with Crippen molar-refractivity contribution >= 4 is 45.1 Å². The molecule has 0 aliphatic rings. The molecule has 7 heteroatoms. The number of carbonyl (C=O) groups excluding carboxylic acids is 1. The van der Waals surface area contributed by atoms with Gasteiger partial charge in [0, 0.05) is 25.1 Å². The van der Waals surface area contributed by atoms with Crippen LogP contribution in [0.5, 0.6) is 0 Å². The fourth-order valence-electron chi connectivity index (χ4n) is 1.98. The molecule has 0 unspecified atom stereocenters. The molecule has 0 saturated heterocycles. The Labute approximate surface area is 129 Å². The van der Waals surface area contributed by atoms with E-state index in [1.54, 1.807) is 10.6 Å². The van der Waals surface area contributed by atoms with Crippen molar-refractivity contribution in [1.29, 1.82) is 0 Å². The van der Waals surface area contributed by atoms with E-state index in [1.807, 2.05) is 13.8 Å². The third-order valence-electron chi connectivity index (χ3n) is 2.83. The average Bonchev–Trinajstić information content (AvgIpc) is 2.62. The number of carbonyl (C=O) groups is 1. The van der Waals surface area contributed by atoms with Crippen molar-refractivity contribution in [3.63, 3.8) is 0 Å². The first-order valence-electron chi connectivity index (χ1n) is 6.25. The Hall–Kier alpha value is -1.21. The highest BCUT2D eigenvalue weighted by Crippen LogP contribution is 2.23. The maximum Gasteiger partial charge on any atom is 0.221 e. The summed E-state index contributed by atoms with van der Waals surface area (Å²) in [5.74, 6) is -0.379. The summed E-state index contributed by atoms with van der Waals surface area (Å²) in [5, 5.41) is 2.83. The van der Waals surface area contributed by atoms with Crippen LogP contribution in [0.4, 0.5) is 4.39 Å². The third kappa shape index (κ3) is 3.27. The molecule has 20 heavy (non-hydrogen) atoms. The average molecular weight is 360 g/mol. The van der Waals surface area contributed by atoms with E-state index in [1.165, 1.54) is 6.07 Å². The summed E-state index contributed by atoms with van der Waals surface area (Å²) in [6.07, 6.45) is 0.328. The molecule has 108 valence electrons. The van der Waals surface area contributed by atoms with Crippen molar-refractivity contribution in [2.24, 2.45) is 0 Å². The van der Waals surface area contributed by atoms with E-state index in [2.05, 4.69) is 26.2 Å². The second-order valence-corrected chi connectivity index (χ2v) is 6.08. The van der Waals surface area contributed by atoms with Gasteiger partial charge in [0.05, 0.1) is 15.5 Å². The summed E-state index contributed by atoms with van der Waals surface area (Å²) in [6, 6.07) is 3.17. The summed E-state index contributed by atoms with van der Waals surface area (Å²) in [4.78, 5) is 14.6. The van der Waals surface area contributed by atoms with Crippen LogP contribution in [-0.2, 0) is 11.3 Å². The van der Waals surface area contributed by atoms with Gasteiger partial charge in [0.15, 0.2) is 4.77 Å². The zero-order chi connectivity index (χ0) is 14.9. The van der Waals surface area contributed by atoms with Crippen LogP contribution in [0.25, 0.3) is 11.0 Å². The predicted octanol–water partition coefficient (Wildman–Crippen LogP) is 3.52. The summed E-state index contributed by atoms with van der Waals surface area (Å²) in [5.41, 5.74) is 1.40. The van der Waals surface area contributed by atoms with Crippen LogP contribution in [0.2, 0.25) is 0 Å². The first-order chi connectivity index (χ1) is 9.38. The number of rotatable bonds is 4. The Morgan fingerprint density at radius 2 is 2.25 bits per heavy atom. The number of imidazole rings is 1. The molecule has 1 amide bonds. The lowest BCUT2D eigenvalue weighted by atomic mass is 10.3. The molecule has 1 aromatic heterocycles. The number of hydrogen-bond donors (Lipinski definition) is 2. The van der Waals surface area contributed by atoms with E-state index >= 15 is 0 Å². The minimum Gasteiger partial charge on any atom is -0.354 e. The van der Waals surface area contributed by atoms with Gasteiger partial charge in [-0.05, 0) is 48.1 Å². The number of benzene rings is 1. The standard InChI is InChI=1S/C13H15BrFN3OS/c1-7(2)16-12(19)3-4-18-11-5-8(14)9(15)6-10(11)17-13(18)20/h5-7H,3-4H2,1-2H3,(H,16,19)(H,17,20). The van der Waals surface area contributed by atoms with Crippen molar-refractivity contribution in [3.8, 4) is 0 Å². The smallest absolute Gasteiger partial charge is 0.221 e. The maximum absolute atomic E-state index is 13.5. The molecule has 2 N–H and O–H groups in total. The number of fused-ring (bicyclic) bond motifs is 1. The number of H-pyrrole nitrogens is 1. The number of hydrogen-bond acceptors (Lipinski definition) is 2. The van der Waals surface area contributed by atoms with Crippen LogP contribution >= 0.6 is 28.1 Å². The fraction of sp³-hybridized carbons (Fsp3) is 0.385. The van der Waals surface area contributed by atoms with Crippen LogP contribution in [-0.4, -0.2) is 21.5 Å². The maximum atomic E-state index is 13.5. The van der Waals surface area contributed by atoms with Crippen molar-refractivity contribution < 1.29 is 9.18 Å². The number of nitrogens with zero attached hydrogens (tertiary/aromatic N) is 1.